The van der Waals surface area contributed by atoms with Crippen LogP contribution in [0, 0.1) is 11.6 Å². The highest BCUT2D eigenvalue weighted by Crippen LogP contribution is 2.16. The molecule has 13 heavy (non-hydrogen) atoms. The number of benzene rings is 1. The normalized spacial score (nSPS) is 9.62. The monoisotopic (exact) mass is 188 g/mol. The van der Waals surface area contributed by atoms with Crippen molar-refractivity contribution in [3.8, 4) is 5.75 Å². The molecule has 0 N–H and O–H groups in total. The van der Waals surface area contributed by atoms with Gasteiger partial charge in [0.1, 0.15) is 5.75 Å². The van der Waals surface area contributed by atoms with Crippen molar-refractivity contribution in [2.24, 2.45) is 0 Å². The van der Waals surface area contributed by atoms with Crippen LogP contribution in [0.4, 0.5) is 8.78 Å². The molecule has 0 heterocycles. The third kappa shape index (κ3) is 3.40. The Morgan fingerprint density at radius 3 is 2.23 bits per heavy atom. The molecule has 0 saturated heterocycles. The lowest BCUT2D eigenvalue weighted by Gasteiger charge is -2.08. The van der Waals surface area contributed by atoms with Crippen molar-refractivity contribution in [2.75, 3.05) is 0 Å². The Labute approximate surface area is 77.3 Å². The molecular formula is C10H14F2O. The van der Waals surface area contributed by atoms with Crippen molar-refractivity contribution in [1.82, 2.24) is 0 Å². The Balaban J connectivity index is 0.00000144. The molecule has 74 valence electrons. The van der Waals surface area contributed by atoms with Gasteiger partial charge in [-0.25, -0.2) is 8.78 Å². The van der Waals surface area contributed by atoms with E-state index in [2.05, 4.69) is 0 Å². The van der Waals surface area contributed by atoms with Crippen molar-refractivity contribution in [3.05, 3.63) is 29.8 Å². The number of halogens is 2. The zero-order valence-electron chi connectivity index (χ0n) is 6.97. The second kappa shape index (κ2) is 4.80. The Morgan fingerprint density at radius 2 is 1.77 bits per heavy atom. The molecule has 0 aliphatic heterocycles. The van der Waals surface area contributed by atoms with Gasteiger partial charge in [-0.2, -0.15) is 0 Å². The lowest BCUT2D eigenvalue weighted by atomic mass is 10.3. The van der Waals surface area contributed by atoms with Gasteiger partial charge in [0.05, 0.1) is 6.10 Å². The molecule has 1 aromatic carbocycles. The quantitative estimate of drug-likeness (QED) is 0.691. The maximum atomic E-state index is 12.6. The molecule has 0 saturated carbocycles. The Hall–Kier alpha value is -1.12. The molecule has 3 heteroatoms. The third-order valence-electron chi connectivity index (χ3n) is 1.26. The van der Waals surface area contributed by atoms with Crippen LogP contribution in [0.15, 0.2) is 18.2 Å². The molecule has 0 radical (unpaired) electrons. The lowest BCUT2D eigenvalue weighted by molar-refractivity contribution is 0.240. The smallest absolute Gasteiger partial charge is 0.162 e. The van der Waals surface area contributed by atoms with Crippen LogP contribution in [0.5, 0.6) is 5.75 Å². The van der Waals surface area contributed by atoms with Crippen LogP contribution in [-0.2, 0) is 0 Å². The zero-order chi connectivity index (χ0) is 9.14. The summed E-state index contributed by atoms with van der Waals surface area (Å²) in [5.74, 6) is -1.39. The summed E-state index contributed by atoms with van der Waals surface area (Å²) >= 11 is 0. The summed E-state index contributed by atoms with van der Waals surface area (Å²) in [6, 6.07) is 3.49. The van der Waals surface area contributed by atoms with Gasteiger partial charge in [0.25, 0.3) is 0 Å². The van der Waals surface area contributed by atoms with Crippen molar-refractivity contribution < 1.29 is 13.5 Å². The molecule has 0 aliphatic carbocycles. The van der Waals surface area contributed by atoms with Crippen LogP contribution in [0.2, 0.25) is 0 Å². The SMILES string of the molecule is C.CC(C)Oc1ccc(F)c(F)c1. The maximum absolute atomic E-state index is 12.6. The van der Waals surface area contributed by atoms with E-state index in [1.165, 1.54) is 6.07 Å². The predicted molar refractivity (Wildman–Crippen MR) is 48.9 cm³/mol. The van der Waals surface area contributed by atoms with Gasteiger partial charge in [-0.1, -0.05) is 7.43 Å². The number of hydrogen-bond donors (Lipinski definition) is 0. The fraction of sp³-hybridized carbons (Fsp3) is 0.400. The summed E-state index contributed by atoms with van der Waals surface area (Å²) in [5.41, 5.74) is 0. The van der Waals surface area contributed by atoms with E-state index in [1.807, 2.05) is 13.8 Å². The summed E-state index contributed by atoms with van der Waals surface area (Å²) in [4.78, 5) is 0. The van der Waals surface area contributed by atoms with Crippen molar-refractivity contribution in [2.45, 2.75) is 27.4 Å². The van der Waals surface area contributed by atoms with Gasteiger partial charge in [0.15, 0.2) is 11.6 Å². The first-order valence-electron chi connectivity index (χ1n) is 3.71. The topological polar surface area (TPSA) is 9.23 Å². The molecule has 0 aromatic heterocycles. The number of ether oxygens (including phenoxy) is 1. The average Bonchev–Trinajstić information content (AvgIpc) is 1.96. The minimum absolute atomic E-state index is 0. The standard InChI is InChI=1S/C9H10F2O.CH4/c1-6(2)12-7-3-4-8(10)9(11)5-7;/h3-6H,1-2H3;1H4. The fourth-order valence-corrected chi connectivity index (χ4v) is 0.822. The fourth-order valence-electron chi connectivity index (χ4n) is 0.822. The summed E-state index contributed by atoms with van der Waals surface area (Å²) in [7, 11) is 0. The Bertz CT molecular complexity index is 272. The first-order chi connectivity index (χ1) is 5.59. The Kier molecular flexibility index (Phi) is 4.38. The van der Waals surface area contributed by atoms with Gasteiger partial charge < -0.3 is 4.74 Å². The maximum Gasteiger partial charge on any atom is 0.162 e. The van der Waals surface area contributed by atoms with Crippen molar-refractivity contribution in [1.29, 1.82) is 0 Å². The molecule has 0 atom stereocenters. The predicted octanol–water partition coefficient (Wildman–Crippen LogP) is 3.39. The van der Waals surface area contributed by atoms with E-state index in [0.717, 1.165) is 12.1 Å². The summed E-state index contributed by atoms with van der Waals surface area (Å²) in [5, 5.41) is 0. The first-order valence-corrected chi connectivity index (χ1v) is 3.71. The molecule has 0 unspecified atom stereocenters. The third-order valence-corrected chi connectivity index (χ3v) is 1.26. The molecule has 0 amide bonds. The van der Waals surface area contributed by atoms with Gasteiger partial charge in [0, 0.05) is 6.07 Å². The van der Waals surface area contributed by atoms with Crippen molar-refractivity contribution in [3.63, 3.8) is 0 Å². The number of rotatable bonds is 2. The van der Waals surface area contributed by atoms with Gasteiger partial charge in [-0.15, -0.1) is 0 Å². The van der Waals surface area contributed by atoms with Crippen LogP contribution in [-0.4, -0.2) is 6.10 Å². The van der Waals surface area contributed by atoms with Crippen LogP contribution in [0.3, 0.4) is 0 Å². The van der Waals surface area contributed by atoms with E-state index < -0.39 is 11.6 Å². The van der Waals surface area contributed by atoms with Crippen molar-refractivity contribution >= 4 is 0 Å². The van der Waals surface area contributed by atoms with E-state index in [-0.39, 0.29) is 13.5 Å². The first kappa shape index (κ1) is 11.9. The van der Waals surface area contributed by atoms with E-state index in [9.17, 15) is 8.78 Å². The highest BCUT2D eigenvalue weighted by atomic mass is 19.2. The van der Waals surface area contributed by atoms with Gasteiger partial charge >= 0.3 is 0 Å². The number of hydrogen-bond acceptors (Lipinski definition) is 1. The molecule has 1 rings (SSSR count). The second-order valence-corrected chi connectivity index (χ2v) is 2.74. The molecule has 1 nitrogen and oxygen atoms in total. The van der Waals surface area contributed by atoms with Crippen LogP contribution < -0.4 is 4.74 Å². The van der Waals surface area contributed by atoms with Gasteiger partial charge in [-0.05, 0) is 26.0 Å². The van der Waals surface area contributed by atoms with Crippen LogP contribution in [0.1, 0.15) is 21.3 Å². The van der Waals surface area contributed by atoms with Crippen LogP contribution in [0.25, 0.3) is 0 Å². The van der Waals surface area contributed by atoms with E-state index >= 15 is 0 Å². The largest absolute Gasteiger partial charge is 0.491 e. The zero-order valence-corrected chi connectivity index (χ0v) is 6.97. The second-order valence-electron chi connectivity index (χ2n) is 2.74. The summed E-state index contributed by atoms with van der Waals surface area (Å²) in [6.45, 7) is 3.64. The average molecular weight is 188 g/mol. The van der Waals surface area contributed by atoms with Gasteiger partial charge in [0.2, 0.25) is 0 Å². The Morgan fingerprint density at radius 1 is 1.15 bits per heavy atom. The molecule has 0 bridgehead atoms. The summed E-state index contributed by atoms with van der Waals surface area (Å²) in [6.07, 6.45) is -0.0325. The van der Waals surface area contributed by atoms with Gasteiger partial charge in [-0.3, -0.25) is 0 Å². The minimum Gasteiger partial charge on any atom is -0.491 e. The highest BCUT2D eigenvalue weighted by Gasteiger charge is 2.03. The molecule has 0 aliphatic rings. The molecular weight excluding hydrogens is 174 g/mol. The highest BCUT2D eigenvalue weighted by molar-refractivity contribution is 5.23. The molecule has 1 aromatic rings. The van der Waals surface area contributed by atoms with E-state index in [4.69, 9.17) is 4.74 Å². The molecule has 0 fully saturated rings. The minimum atomic E-state index is -0.881. The van der Waals surface area contributed by atoms with E-state index in [0.29, 0.717) is 5.75 Å². The lowest BCUT2D eigenvalue weighted by Crippen LogP contribution is -2.05. The summed E-state index contributed by atoms with van der Waals surface area (Å²) < 4.78 is 30.1. The van der Waals surface area contributed by atoms with E-state index in [1.54, 1.807) is 0 Å². The van der Waals surface area contributed by atoms with Crippen LogP contribution >= 0.6 is 0 Å². The molecule has 0 spiro atoms.